The first kappa shape index (κ1) is 17.0. The van der Waals surface area contributed by atoms with Crippen LogP contribution in [0.5, 0.6) is 0 Å². The Hall–Kier alpha value is -1.39. The number of likely N-dealkylation sites (tertiary alicyclic amines) is 1. The van der Waals surface area contributed by atoms with E-state index in [1.807, 2.05) is 11.9 Å². The highest BCUT2D eigenvalue weighted by Gasteiger charge is 2.58. The van der Waals surface area contributed by atoms with E-state index in [0.29, 0.717) is 23.2 Å². The van der Waals surface area contributed by atoms with Crippen LogP contribution in [0.2, 0.25) is 0 Å². The van der Waals surface area contributed by atoms with Crippen LogP contribution in [0.4, 0.5) is 0 Å². The molecule has 2 aliphatic heterocycles. The number of hydrogen-bond acceptors (Lipinski definition) is 3. The van der Waals surface area contributed by atoms with Crippen LogP contribution < -0.4 is 5.32 Å². The van der Waals surface area contributed by atoms with Gasteiger partial charge in [-0.25, -0.2) is 0 Å². The molecule has 4 nitrogen and oxygen atoms in total. The number of hydrogen-bond donors (Lipinski definition) is 1. The molecular formula is C21H31N3O. The third-order valence-electron chi connectivity index (χ3n) is 6.61. The standard InChI is InChI=1S/C21H31N3O/c1-23(20(25)19-13-21(19)8-10-22-11-9-21)14-18-7-12-24(16-18)15-17-5-3-2-4-6-17/h2-6,18-19,22H,7-16H2,1H3. The van der Waals surface area contributed by atoms with E-state index in [0.717, 1.165) is 45.7 Å². The Morgan fingerprint density at radius 2 is 2.04 bits per heavy atom. The van der Waals surface area contributed by atoms with Gasteiger partial charge in [-0.2, -0.15) is 0 Å². The van der Waals surface area contributed by atoms with E-state index in [2.05, 4.69) is 40.5 Å². The second-order valence-electron chi connectivity index (χ2n) is 8.46. The predicted octanol–water partition coefficient (Wildman–Crippen LogP) is 2.36. The van der Waals surface area contributed by atoms with Crippen molar-refractivity contribution < 1.29 is 4.79 Å². The summed E-state index contributed by atoms with van der Waals surface area (Å²) >= 11 is 0. The zero-order chi connectivity index (χ0) is 17.3. The predicted molar refractivity (Wildman–Crippen MR) is 100 cm³/mol. The number of amides is 1. The van der Waals surface area contributed by atoms with Gasteiger partial charge in [0.15, 0.2) is 0 Å². The van der Waals surface area contributed by atoms with E-state index in [-0.39, 0.29) is 0 Å². The molecule has 25 heavy (non-hydrogen) atoms. The van der Waals surface area contributed by atoms with Crippen molar-refractivity contribution in [2.45, 2.75) is 32.2 Å². The molecule has 4 rings (SSSR count). The molecule has 1 aromatic rings. The Kier molecular flexibility index (Phi) is 4.83. The van der Waals surface area contributed by atoms with Crippen LogP contribution in [-0.2, 0) is 11.3 Å². The first-order chi connectivity index (χ1) is 12.2. The molecule has 1 aliphatic carbocycles. The Labute approximate surface area is 151 Å². The molecular weight excluding hydrogens is 310 g/mol. The zero-order valence-corrected chi connectivity index (χ0v) is 15.4. The smallest absolute Gasteiger partial charge is 0.226 e. The Morgan fingerprint density at radius 3 is 2.80 bits per heavy atom. The fourth-order valence-electron chi connectivity index (χ4n) is 4.96. The molecule has 1 amide bonds. The highest BCUT2D eigenvalue weighted by Crippen LogP contribution is 2.59. The van der Waals surface area contributed by atoms with Crippen molar-refractivity contribution in [3.63, 3.8) is 0 Å². The third kappa shape index (κ3) is 3.75. The summed E-state index contributed by atoms with van der Waals surface area (Å²) in [5.74, 6) is 1.34. The molecule has 3 aliphatic rings. The average molecular weight is 341 g/mol. The summed E-state index contributed by atoms with van der Waals surface area (Å²) in [6, 6.07) is 10.7. The Bertz CT molecular complexity index is 596. The lowest BCUT2D eigenvalue weighted by Gasteiger charge is -2.26. The van der Waals surface area contributed by atoms with Gasteiger partial charge in [0.2, 0.25) is 5.91 Å². The molecule has 0 aromatic heterocycles. The topological polar surface area (TPSA) is 35.6 Å². The largest absolute Gasteiger partial charge is 0.345 e. The van der Waals surface area contributed by atoms with E-state index in [9.17, 15) is 4.79 Å². The van der Waals surface area contributed by atoms with E-state index in [1.165, 1.54) is 24.8 Å². The number of nitrogens with zero attached hydrogens (tertiary/aromatic N) is 2. The minimum atomic E-state index is 0.307. The molecule has 2 atom stereocenters. The summed E-state index contributed by atoms with van der Waals surface area (Å²) in [4.78, 5) is 17.4. The minimum absolute atomic E-state index is 0.307. The van der Waals surface area contributed by atoms with Crippen LogP contribution in [-0.4, -0.2) is 55.5 Å². The normalized spacial score (nSPS) is 28.2. The summed E-state index contributed by atoms with van der Waals surface area (Å²) in [5.41, 5.74) is 1.74. The van der Waals surface area contributed by atoms with Gasteiger partial charge >= 0.3 is 0 Å². The minimum Gasteiger partial charge on any atom is -0.345 e. The quantitative estimate of drug-likeness (QED) is 0.893. The fourth-order valence-corrected chi connectivity index (χ4v) is 4.96. The van der Waals surface area contributed by atoms with Crippen LogP contribution in [0.15, 0.2) is 30.3 Å². The molecule has 2 unspecified atom stereocenters. The van der Waals surface area contributed by atoms with Gasteiger partial charge in [0.25, 0.3) is 0 Å². The summed E-state index contributed by atoms with van der Waals surface area (Å²) in [6.07, 6.45) is 4.71. The van der Waals surface area contributed by atoms with Gasteiger partial charge in [-0.05, 0) is 62.2 Å². The van der Waals surface area contributed by atoms with Gasteiger partial charge in [0.05, 0.1) is 0 Å². The molecule has 1 aromatic carbocycles. The first-order valence-corrected chi connectivity index (χ1v) is 9.88. The Morgan fingerprint density at radius 1 is 1.28 bits per heavy atom. The molecule has 3 fully saturated rings. The van der Waals surface area contributed by atoms with E-state index >= 15 is 0 Å². The molecule has 0 radical (unpaired) electrons. The van der Waals surface area contributed by atoms with Crippen LogP contribution in [0.25, 0.3) is 0 Å². The summed E-state index contributed by atoms with van der Waals surface area (Å²) in [5, 5.41) is 3.42. The van der Waals surface area contributed by atoms with Gasteiger partial charge < -0.3 is 10.2 Å². The number of benzene rings is 1. The number of carbonyl (C=O) groups excluding carboxylic acids is 1. The summed E-state index contributed by atoms with van der Waals surface area (Å²) < 4.78 is 0. The second-order valence-corrected chi connectivity index (χ2v) is 8.46. The first-order valence-electron chi connectivity index (χ1n) is 9.88. The van der Waals surface area contributed by atoms with Crippen molar-refractivity contribution >= 4 is 5.91 Å². The summed E-state index contributed by atoms with van der Waals surface area (Å²) in [6.45, 7) is 6.41. The molecule has 0 bridgehead atoms. The number of nitrogens with one attached hydrogen (secondary N) is 1. The SMILES string of the molecule is CN(CC1CCN(Cc2ccccc2)C1)C(=O)C1CC12CCNCC2. The molecule has 1 saturated carbocycles. The summed E-state index contributed by atoms with van der Waals surface area (Å²) in [7, 11) is 2.02. The average Bonchev–Trinajstić information content (AvgIpc) is 3.13. The van der Waals surface area contributed by atoms with Crippen LogP contribution >= 0.6 is 0 Å². The van der Waals surface area contributed by atoms with Crippen molar-refractivity contribution in [2.75, 3.05) is 39.8 Å². The molecule has 2 saturated heterocycles. The fraction of sp³-hybridized carbons (Fsp3) is 0.667. The maximum atomic E-state index is 12.8. The van der Waals surface area contributed by atoms with E-state index in [1.54, 1.807) is 0 Å². The van der Waals surface area contributed by atoms with Crippen molar-refractivity contribution in [2.24, 2.45) is 17.3 Å². The van der Waals surface area contributed by atoms with Crippen LogP contribution in [0.3, 0.4) is 0 Å². The van der Waals surface area contributed by atoms with Gasteiger partial charge in [-0.1, -0.05) is 30.3 Å². The molecule has 1 N–H and O–H groups in total. The van der Waals surface area contributed by atoms with Crippen molar-refractivity contribution in [3.05, 3.63) is 35.9 Å². The number of carbonyl (C=O) groups is 1. The molecule has 136 valence electrons. The van der Waals surface area contributed by atoms with E-state index in [4.69, 9.17) is 0 Å². The maximum Gasteiger partial charge on any atom is 0.226 e. The van der Waals surface area contributed by atoms with Gasteiger partial charge in [-0.3, -0.25) is 9.69 Å². The molecule has 4 heteroatoms. The number of rotatable bonds is 5. The van der Waals surface area contributed by atoms with Crippen molar-refractivity contribution in [1.29, 1.82) is 0 Å². The maximum absolute atomic E-state index is 12.8. The molecule has 1 spiro atoms. The lowest BCUT2D eigenvalue weighted by molar-refractivity contribution is -0.132. The number of piperidine rings is 1. The zero-order valence-electron chi connectivity index (χ0n) is 15.4. The van der Waals surface area contributed by atoms with E-state index < -0.39 is 0 Å². The van der Waals surface area contributed by atoms with Gasteiger partial charge in [0.1, 0.15) is 0 Å². The van der Waals surface area contributed by atoms with Crippen LogP contribution in [0.1, 0.15) is 31.2 Å². The highest BCUT2D eigenvalue weighted by molar-refractivity contribution is 5.82. The second kappa shape index (κ2) is 7.08. The Balaban J connectivity index is 1.25. The van der Waals surface area contributed by atoms with Crippen LogP contribution in [0, 0.1) is 17.3 Å². The van der Waals surface area contributed by atoms with Crippen molar-refractivity contribution in [3.8, 4) is 0 Å². The lowest BCUT2D eigenvalue weighted by Crippen LogP contribution is -2.37. The lowest BCUT2D eigenvalue weighted by atomic mass is 9.91. The molecule has 2 heterocycles. The highest BCUT2D eigenvalue weighted by atomic mass is 16.2. The third-order valence-corrected chi connectivity index (χ3v) is 6.61. The van der Waals surface area contributed by atoms with Gasteiger partial charge in [-0.15, -0.1) is 0 Å². The van der Waals surface area contributed by atoms with Gasteiger partial charge in [0, 0.05) is 32.6 Å². The monoisotopic (exact) mass is 341 g/mol. The van der Waals surface area contributed by atoms with Crippen molar-refractivity contribution in [1.82, 2.24) is 15.1 Å².